The zero-order valence-corrected chi connectivity index (χ0v) is 10.4. The minimum atomic E-state index is -0.405. The fourth-order valence-electron chi connectivity index (χ4n) is 1.54. The highest BCUT2D eigenvalue weighted by molar-refractivity contribution is 7.98. The van der Waals surface area contributed by atoms with E-state index in [1.807, 2.05) is 30.0 Å². The lowest BCUT2D eigenvalue weighted by molar-refractivity contribution is 0.199. The van der Waals surface area contributed by atoms with Gasteiger partial charge in [-0.2, -0.15) is 11.8 Å². The molecule has 0 saturated carbocycles. The Morgan fingerprint density at radius 1 is 1.40 bits per heavy atom. The summed E-state index contributed by atoms with van der Waals surface area (Å²) in [6.45, 7) is 2.81. The Morgan fingerprint density at radius 3 is 2.67 bits per heavy atom. The van der Waals surface area contributed by atoms with Crippen LogP contribution in [0.2, 0.25) is 0 Å². The molecule has 1 rings (SSSR count). The van der Waals surface area contributed by atoms with E-state index in [9.17, 15) is 5.11 Å². The number of benzene rings is 1. The highest BCUT2D eigenvalue weighted by atomic mass is 32.2. The Balaban J connectivity index is 2.82. The summed E-state index contributed by atoms with van der Waals surface area (Å²) >= 11 is 1.83. The highest BCUT2D eigenvalue weighted by Crippen LogP contribution is 2.25. The predicted molar refractivity (Wildman–Crippen MR) is 68.7 cm³/mol. The summed E-state index contributed by atoms with van der Waals surface area (Å²) in [7, 11) is 2.07. The fraction of sp³-hybridized carbons (Fsp3) is 0.500. The zero-order valence-electron chi connectivity index (χ0n) is 9.60. The quantitative estimate of drug-likeness (QED) is 0.833. The maximum absolute atomic E-state index is 9.65. The molecule has 0 radical (unpaired) electrons. The average Bonchev–Trinajstić information content (AvgIpc) is 2.25. The maximum Gasteiger partial charge on any atom is 0.0781 e. The molecule has 0 amide bonds. The van der Waals surface area contributed by atoms with Gasteiger partial charge in [0.2, 0.25) is 0 Å². The molecule has 1 N–H and O–H groups in total. The van der Waals surface area contributed by atoms with Gasteiger partial charge in [0.05, 0.1) is 6.10 Å². The van der Waals surface area contributed by atoms with Crippen molar-refractivity contribution in [2.75, 3.05) is 30.5 Å². The Labute approximate surface area is 96.3 Å². The molecule has 2 nitrogen and oxygen atoms in total. The molecule has 0 heterocycles. The third-order valence-electron chi connectivity index (χ3n) is 2.43. The van der Waals surface area contributed by atoms with E-state index >= 15 is 0 Å². The van der Waals surface area contributed by atoms with Crippen molar-refractivity contribution in [1.29, 1.82) is 0 Å². The first-order chi connectivity index (χ1) is 7.16. The standard InChI is InChI=1S/C12H19NOS/c1-10(14)11-6-4-5-7-12(11)13(2)8-9-15-3/h4-7,10,14H,8-9H2,1-3H3/t10-/m1/s1. The zero-order chi connectivity index (χ0) is 11.3. The van der Waals surface area contributed by atoms with Crippen LogP contribution >= 0.6 is 11.8 Å². The van der Waals surface area contributed by atoms with E-state index in [0.717, 1.165) is 23.5 Å². The molecule has 0 aliphatic rings. The highest BCUT2D eigenvalue weighted by Gasteiger charge is 2.09. The number of hydrogen-bond acceptors (Lipinski definition) is 3. The average molecular weight is 225 g/mol. The fourth-order valence-corrected chi connectivity index (χ4v) is 1.99. The summed E-state index contributed by atoms with van der Waals surface area (Å²) in [6.07, 6.45) is 1.70. The first kappa shape index (κ1) is 12.4. The summed E-state index contributed by atoms with van der Waals surface area (Å²) < 4.78 is 0. The number of anilines is 1. The van der Waals surface area contributed by atoms with Gasteiger partial charge in [-0.15, -0.1) is 0 Å². The molecule has 84 valence electrons. The first-order valence-electron chi connectivity index (χ1n) is 5.14. The number of nitrogens with zero attached hydrogens (tertiary/aromatic N) is 1. The number of aliphatic hydroxyl groups excluding tert-OH is 1. The lowest BCUT2D eigenvalue weighted by Crippen LogP contribution is -2.21. The van der Waals surface area contributed by atoms with E-state index in [1.165, 1.54) is 0 Å². The number of para-hydroxylation sites is 1. The van der Waals surface area contributed by atoms with Gasteiger partial charge in [0.25, 0.3) is 0 Å². The molecule has 0 bridgehead atoms. The molecule has 1 aromatic carbocycles. The van der Waals surface area contributed by atoms with Gasteiger partial charge in [0.15, 0.2) is 0 Å². The molecule has 0 aromatic heterocycles. The van der Waals surface area contributed by atoms with Gasteiger partial charge in [-0.05, 0) is 19.2 Å². The van der Waals surface area contributed by atoms with Crippen LogP contribution in [0.1, 0.15) is 18.6 Å². The van der Waals surface area contributed by atoms with E-state index in [-0.39, 0.29) is 0 Å². The van der Waals surface area contributed by atoms with E-state index in [2.05, 4.69) is 24.3 Å². The van der Waals surface area contributed by atoms with Gasteiger partial charge in [0, 0.05) is 30.6 Å². The van der Waals surface area contributed by atoms with Crippen LogP contribution in [0.15, 0.2) is 24.3 Å². The molecule has 0 unspecified atom stereocenters. The van der Waals surface area contributed by atoms with Gasteiger partial charge >= 0.3 is 0 Å². The molecular weight excluding hydrogens is 206 g/mol. The van der Waals surface area contributed by atoms with Crippen molar-refractivity contribution in [2.45, 2.75) is 13.0 Å². The van der Waals surface area contributed by atoms with E-state index in [4.69, 9.17) is 0 Å². The molecule has 15 heavy (non-hydrogen) atoms. The van der Waals surface area contributed by atoms with Gasteiger partial charge in [-0.3, -0.25) is 0 Å². The smallest absolute Gasteiger partial charge is 0.0781 e. The molecule has 0 aliphatic carbocycles. The van der Waals surface area contributed by atoms with Crippen molar-refractivity contribution in [1.82, 2.24) is 0 Å². The van der Waals surface area contributed by atoms with E-state index < -0.39 is 6.10 Å². The monoisotopic (exact) mass is 225 g/mol. The van der Waals surface area contributed by atoms with Crippen LogP contribution < -0.4 is 4.90 Å². The second-order valence-corrected chi connectivity index (χ2v) is 4.63. The Hall–Kier alpha value is -0.670. The normalized spacial score (nSPS) is 12.5. The van der Waals surface area contributed by atoms with Crippen LogP contribution in [0.5, 0.6) is 0 Å². The number of rotatable bonds is 5. The number of aliphatic hydroxyl groups is 1. The second-order valence-electron chi connectivity index (χ2n) is 3.65. The van der Waals surface area contributed by atoms with Gasteiger partial charge in [0.1, 0.15) is 0 Å². The Bertz CT molecular complexity index is 301. The van der Waals surface area contributed by atoms with E-state index in [1.54, 1.807) is 6.92 Å². The Kier molecular flexibility index (Phi) is 4.99. The lowest BCUT2D eigenvalue weighted by atomic mass is 10.1. The van der Waals surface area contributed by atoms with Crippen molar-refractivity contribution in [3.05, 3.63) is 29.8 Å². The summed E-state index contributed by atoms with van der Waals surface area (Å²) in [5.41, 5.74) is 2.13. The van der Waals surface area contributed by atoms with Crippen LogP contribution in [0.25, 0.3) is 0 Å². The van der Waals surface area contributed by atoms with Crippen molar-refractivity contribution in [2.24, 2.45) is 0 Å². The van der Waals surface area contributed by atoms with Gasteiger partial charge < -0.3 is 10.0 Å². The van der Waals surface area contributed by atoms with Crippen LogP contribution in [-0.2, 0) is 0 Å². The molecule has 0 saturated heterocycles. The summed E-state index contributed by atoms with van der Waals surface area (Å²) in [5, 5.41) is 9.65. The molecule has 1 aromatic rings. The van der Waals surface area contributed by atoms with Crippen LogP contribution in [-0.4, -0.2) is 30.7 Å². The molecule has 0 aliphatic heterocycles. The third kappa shape index (κ3) is 3.43. The maximum atomic E-state index is 9.65. The van der Waals surface area contributed by atoms with Crippen molar-refractivity contribution < 1.29 is 5.11 Å². The molecule has 0 fully saturated rings. The van der Waals surface area contributed by atoms with Crippen LogP contribution in [0.3, 0.4) is 0 Å². The topological polar surface area (TPSA) is 23.5 Å². The van der Waals surface area contributed by atoms with Gasteiger partial charge in [-0.1, -0.05) is 18.2 Å². The third-order valence-corrected chi connectivity index (χ3v) is 3.02. The first-order valence-corrected chi connectivity index (χ1v) is 6.53. The summed E-state index contributed by atoms with van der Waals surface area (Å²) in [4.78, 5) is 2.19. The van der Waals surface area contributed by atoms with Crippen molar-refractivity contribution in [3.8, 4) is 0 Å². The van der Waals surface area contributed by atoms with Crippen LogP contribution in [0, 0.1) is 0 Å². The molecule has 0 spiro atoms. The minimum absolute atomic E-state index is 0.405. The van der Waals surface area contributed by atoms with Crippen molar-refractivity contribution >= 4 is 17.4 Å². The Morgan fingerprint density at radius 2 is 2.07 bits per heavy atom. The molecule has 3 heteroatoms. The molecule has 1 atom stereocenters. The van der Waals surface area contributed by atoms with Gasteiger partial charge in [-0.25, -0.2) is 0 Å². The number of thioether (sulfide) groups is 1. The largest absolute Gasteiger partial charge is 0.389 e. The second kappa shape index (κ2) is 6.03. The number of hydrogen-bond donors (Lipinski definition) is 1. The lowest BCUT2D eigenvalue weighted by Gasteiger charge is -2.23. The summed E-state index contributed by atoms with van der Waals surface area (Å²) in [6, 6.07) is 8.02. The van der Waals surface area contributed by atoms with E-state index in [0.29, 0.717) is 0 Å². The van der Waals surface area contributed by atoms with Crippen molar-refractivity contribution in [3.63, 3.8) is 0 Å². The predicted octanol–water partition coefficient (Wildman–Crippen LogP) is 2.54. The minimum Gasteiger partial charge on any atom is -0.389 e. The summed E-state index contributed by atoms with van der Waals surface area (Å²) in [5.74, 6) is 1.10. The van der Waals surface area contributed by atoms with Crippen LogP contribution in [0.4, 0.5) is 5.69 Å². The molecular formula is C12H19NOS. The SMILES string of the molecule is CSCCN(C)c1ccccc1[C@@H](C)O.